The normalized spacial score (nSPS) is 10.8. The van der Waals surface area contributed by atoms with Gasteiger partial charge >= 0.3 is 0 Å². The van der Waals surface area contributed by atoms with Crippen molar-refractivity contribution in [1.82, 2.24) is 19.7 Å². The third-order valence-corrected chi connectivity index (χ3v) is 3.70. The van der Waals surface area contributed by atoms with Gasteiger partial charge in [-0.3, -0.25) is 0 Å². The van der Waals surface area contributed by atoms with Gasteiger partial charge in [0.1, 0.15) is 0 Å². The van der Waals surface area contributed by atoms with Crippen molar-refractivity contribution < 1.29 is 4.74 Å². The lowest BCUT2D eigenvalue weighted by Crippen LogP contribution is -2.07. The summed E-state index contributed by atoms with van der Waals surface area (Å²) in [6, 6.07) is 10.0. The van der Waals surface area contributed by atoms with Crippen molar-refractivity contribution in [2.75, 3.05) is 25.6 Å². The fourth-order valence-electron chi connectivity index (χ4n) is 2.43. The summed E-state index contributed by atoms with van der Waals surface area (Å²) >= 11 is 0. The molecule has 2 heterocycles. The van der Waals surface area contributed by atoms with Gasteiger partial charge in [0.2, 0.25) is 5.95 Å². The summed E-state index contributed by atoms with van der Waals surface area (Å²) < 4.78 is 6.91. The van der Waals surface area contributed by atoms with Gasteiger partial charge in [-0.2, -0.15) is 5.10 Å². The molecule has 1 aromatic carbocycles. The Bertz CT molecular complexity index is 799. The Morgan fingerprint density at radius 2 is 2.08 bits per heavy atom. The highest BCUT2D eigenvalue weighted by Crippen LogP contribution is 2.20. The van der Waals surface area contributed by atoms with E-state index < -0.39 is 0 Å². The van der Waals surface area contributed by atoms with Crippen molar-refractivity contribution in [2.24, 2.45) is 0 Å². The average molecular weight is 323 g/mol. The Kier molecular flexibility index (Phi) is 5.18. The molecule has 0 aliphatic carbocycles. The summed E-state index contributed by atoms with van der Waals surface area (Å²) in [6.07, 6.45) is 6.48. The van der Waals surface area contributed by atoms with Crippen LogP contribution in [0.5, 0.6) is 0 Å². The first-order valence-electron chi connectivity index (χ1n) is 7.95. The minimum absolute atomic E-state index is 0.618. The Morgan fingerprint density at radius 3 is 2.92 bits per heavy atom. The first kappa shape index (κ1) is 16.1. The topological polar surface area (TPSA) is 64.9 Å². The number of methoxy groups -OCH3 is 1. The number of nitrogens with one attached hydrogen (secondary N) is 1. The molecule has 0 atom stereocenters. The predicted molar refractivity (Wildman–Crippen MR) is 94.3 cm³/mol. The molecule has 124 valence electrons. The number of para-hydroxylation sites is 1. The molecule has 0 aliphatic heterocycles. The minimum Gasteiger partial charge on any atom is -0.385 e. The van der Waals surface area contributed by atoms with Crippen LogP contribution in [-0.4, -0.2) is 40.0 Å². The monoisotopic (exact) mass is 323 g/mol. The molecule has 0 saturated carbocycles. The molecule has 0 radical (unpaired) electrons. The van der Waals surface area contributed by atoms with E-state index in [0.717, 1.165) is 36.5 Å². The van der Waals surface area contributed by atoms with Crippen LogP contribution >= 0.6 is 0 Å². The molecule has 24 heavy (non-hydrogen) atoms. The van der Waals surface area contributed by atoms with Crippen LogP contribution in [0.15, 0.2) is 48.9 Å². The van der Waals surface area contributed by atoms with Crippen LogP contribution in [0.4, 0.5) is 5.95 Å². The maximum atomic E-state index is 5.04. The zero-order chi connectivity index (χ0) is 16.8. The number of anilines is 1. The molecule has 0 spiro atoms. The minimum atomic E-state index is 0.618. The third-order valence-electron chi connectivity index (χ3n) is 3.70. The lowest BCUT2D eigenvalue weighted by Gasteiger charge is -2.06. The number of hydrogen-bond donors (Lipinski definition) is 1. The molecule has 3 aromatic rings. The summed E-state index contributed by atoms with van der Waals surface area (Å²) in [7, 11) is 1.70. The van der Waals surface area contributed by atoms with E-state index in [1.165, 1.54) is 5.56 Å². The second kappa shape index (κ2) is 7.70. The maximum absolute atomic E-state index is 5.04. The molecule has 0 amide bonds. The highest BCUT2D eigenvalue weighted by molar-refractivity contribution is 5.59. The second-order valence-corrected chi connectivity index (χ2v) is 5.50. The molecule has 0 fully saturated rings. The maximum Gasteiger partial charge on any atom is 0.223 e. The first-order valence-corrected chi connectivity index (χ1v) is 7.95. The molecule has 0 unspecified atom stereocenters. The number of aryl methyl sites for hydroxylation is 1. The van der Waals surface area contributed by atoms with E-state index in [2.05, 4.69) is 39.4 Å². The predicted octanol–water partition coefficient (Wildman–Crippen LogP) is 3.09. The van der Waals surface area contributed by atoms with Crippen molar-refractivity contribution >= 4 is 5.95 Å². The number of ether oxygens (including phenoxy) is 1. The van der Waals surface area contributed by atoms with Gasteiger partial charge in [0, 0.05) is 38.2 Å². The van der Waals surface area contributed by atoms with Gasteiger partial charge in [-0.05, 0) is 31.0 Å². The lowest BCUT2D eigenvalue weighted by molar-refractivity contribution is 0.197. The number of hydrogen-bond acceptors (Lipinski definition) is 5. The average Bonchev–Trinajstić information content (AvgIpc) is 3.09. The number of benzene rings is 1. The molecule has 6 heteroatoms. The molecule has 3 rings (SSSR count). The molecule has 0 aliphatic rings. The highest BCUT2D eigenvalue weighted by Gasteiger charge is 2.07. The van der Waals surface area contributed by atoms with Crippen LogP contribution in [0.2, 0.25) is 0 Å². The standard InChI is InChI=1S/C18H21N5O/c1-14-6-3-4-7-17(14)23-13-15(12-21-23)16-8-10-20-18(22-16)19-9-5-11-24-2/h3-4,6-8,10,12-13H,5,9,11H2,1-2H3,(H,19,20,22). The zero-order valence-electron chi connectivity index (χ0n) is 13.9. The summed E-state index contributed by atoms with van der Waals surface area (Å²) in [6.45, 7) is 3.57. The highest BCUT2D eigenvalue weighted by atomic mass is 16.5. The summed E-state index contributed by atoms with van der Waals surface area (Å²) in [5, 5.41) is 7.67. The lowest BCUT2D eigenvalue weighted by atomic mass is 10.2. The van der Waals surface area contributed by atoms with Crippen molar-refractivity contribution in [3.05, 3.63) is 54.5 Å². The van der Waals surface area contributed by atoms with Crippen molar-refractivity contribution in [2.45, 2.75) is 13.3 Å². The van der Waals surface area contributed by atoms with E-state index in [0.29, 0.717) is 5.95 Å². The van der Waals surface area contributed by atoms with E-state index in [1.54, 1.807) is 13.3 Å². The van der Waals surface area contributed by atoms with Gasteiger partial charge in [0.25, 0.3) is 0 Å². The SMILES string of the molecule is COCCCNc1nccc(-c2cnn(-c3ccccc3C)c2)n1. The van der Waals surface area contributed by atoms with Crippen LogP contribution in [0, 0.1) is 6.92 Å². The molecule has 1 N–H and O–H groups in total. The fourth-order valence-corrected chi connectivity index (χ4v) is 2.43. The Balaban J connectivity index is 1.77. The molecule has 6 nitrogen and oxygen atoms in total. The van der Waals surface area contributed by atoms with Gasteiger partial charge in [0.15, 0.2) is 0 Å². The first-order chi connectivity index (χ1) is 11.8. The molecular weight excluding hydrogens is 302 g/mol. The van der Waals surface area contributed by atoms with E-state index in [4.69, 9.17) is 4.74 Å². The number of aromatic nitrogens is 4. The number of nitrogens with zero attached hydrogens (tertiary/aromatic N) is 4. The molecule has 0 saturated heterocycles. The summed E-state index contributed by atoms with van der Waals surface area (Å²) in [5.74, 6) is 0.618. The van der Waals surface area contributed by atoms with Gasteiger partial charge < -0.3 is 10.1 Å². The van der Waals surface area contributed by atoms with Crippen molar-refractivity contribution in [3.8, 4) is 16.9 Å². The smallest absolute Gasteiger partial charge is 0.223 e. The van der Waals surface area contributed by atoms with Crippen LogP contribution < -0.4 is 5.32 Å². The van der Waals surface area contributed by atoms with Crippen molar-refractivity contribution in [1.29, 1.82) is 0 Å². The van der Waals surface area contributed by atoms with Crippen molar-refractivity contribution in [3.63, 3.8) is 0 Å². The fraction of sp³-hybridized carbons (Fsp3) is 0.278. The summed E-state index contributed by atoms with van der Waals surface area (Å²) in [4.78, 5) is 8.81. The Labute approximate surface area is 141 Å². The van der Waals surface area contributed by atoms with Crippen LogP contribution in [0.25, 0.3) is 16.9 Å². The van der Waals surface area contributed by atoms with Gasteiger partial charge in [-0.1, -0.05) is 18.2 Å². The molecule has 2 aromatic heterocycles. The van der Waals surface area contributed by atoms with E-state index >= 15 is 0 Å². The third kappa shape index (κ3) is 3.78. The van der Waals surface area contributed by atoms with Crippen LogP contribution in [0.1, 0.15) is 12.0 Å². The van der Waals surface area contributed by atoms with Crippen LogP contribution in [-0.2, 0) is 4.74 Å². The van der Waals surface area contributed by atoms with Crippen LogP contribution in [0.3, 0.4) is 0 Å². The van der Waals surface area contributed by atoms with E-state index in [9.17, 15) is 0 Å². The van der Waals surface area contributed by atoms with E-state index in [1.807, 2.05) is 35.3 Å². The Morgan fingerprint density at radius 1 is 1.21 bits per heavy atom. The molecular formula is C18H21N5O. The van der Waals surface area contributed by atoms with Gasteiger partial charge in [-0.25, -0.2) is 14.6 Å². The van der Waals surface area contributed by atoms with Gasteiger partial charge in [0.05, 0.1) is 17.6 Å². The Hall–Kier alpha value is -2.73. The summed E-state index contributed by atoms with van der Waals surface area (Å²) in [5.41, 5.74) is 4.05. The van der Waals surface area contributed by atoms with E-state index in [-0.39, 0.29) is 0 Å². The zero-order valence-corrected chi connectivity index (χ0v) is 13.9. The quantitative estimate of drug-likeness (QED) is 0.677. The van der Waals surface area contributed by atoms with Gasteiger partial charge in [-0.15, -0.1) is 0 Å². The second-order valence-electron chi connectivity index (χ2n) is 5.50. The molecule has 0 bridgehead atoms. The number of rotatable bonds is 7. The largest absolute Gasteiger partial charge is 0.385 e.